The van der Waals surface area contributed by atoms with Crippen LogP contribution in [0.3, 0.4) is 0 Å². The van der Waals surface area contributed by atoms with Gasteiger partial charge in [-0.1, -0.05) is 12.1 Å². The van der Waals surface area contributed by atoms with Crippen LogP contribution in [0.1, 0.15) is 18.5 Å². The van der Waals surface area contributed by atoms with Gasteiger partial charge in [0.2, 0.25) is 6.79 Å². The molecule has 1 N–H and O–H groups in total. The Morgan fingerprint density at radius 3 is 2.88 bits per heavy atom. The summed E-state index contributed by atoms with van der Waals surface area (Å²) in [7, 11) is 0. The van der Waals surface area contributed by atoms with Crippen molar-refractivity contribution in [3.8, 4) is 17.2 Å². The lowest BCUT2D eigenvalue weighted by Crippen LogP contribution is -2.31. The fraction of sp³-hybridized carbons (Fsp3) is 0.235. The number of ether oxygens (including phenoxy) is 3. The molecule has 0 saturated carbocycles. The number of nitrogens with one attached hydrogen (secondary N) is 1. The largest absolute Gasteiger partial charge is 0.484 e. The molecule has 1 heterocycles. The van der Waals surface area contributed by atoms with Crippen LogP contribution in [0.5, 0.6) is 17.2 Å². The quantitative estimate of drug-likeness (QED) is 0.638. The van der Waals surface area contributed by atoms with E-state index in [-0.39, 0.29) is 36.8 Å². The molecule has 0 aliphatic carbocycles. The summed E-state index contributed by atoms with van der Waals surface area (Å²) in [5.74, 6) is 1.25. The first kappa shape index (κ1) is 16.6. The van der Waals surface area contributed by atoms with Gasteiger partial charge >= 0.3 is 0 Å². The highest BCUT2D eigenvalue weighted by Crippen LogP contribution is 2.34. The van der Waals surface area contributed by atoms with Crippen molar-refractivity contribution in [3.05, 3.63) is 58.1 Å². The minimum Gasteiger partial charge on any atom is -0.484 e. The van der Waals surface area contributed by atoms with Crippen LogP contribution in [0, 0.1) is 10.1 Å². The monoisotopic (exact) mass is 344 g/mol. The number of rotatable bonds is 6. The molecule has 3 rings (SSSR count). The average Bonchev–Trinajstić information content (AvgIpc) is 3.07. The Morgan fingerprint density at radius 1 is 1.28 bits per heavy atom. The number of nitro benzene ring substituents is 1. The maximum Gasteiger partial charge on any atom is 0.273 e. The van der Waals surface area contributed by atoms with E-state index in [1.165, 1.54) is 18.2 Å². The van der Waals surface area contributed by atoms with Gasteiger partial charge in [-0.15, -0.1) is 0 Å². The van der Waals surface area contributed by atoms with Gasteiger partial charge in [0.05, 0.1) is 17.0 Å². The molecule has 0 spiro atoms. The van der Waals surface area contributed by atoms with E-state index < -0.39 is 4.92 Å². The van der Waals surface area contributed by atoms with Crippen LogP contribution in [0.25, 0.3) is 0 Å². The molecule has 25 heavy (non-hydrogen) atoms. The number of fused-ring (bicyclic) bond motifs is 1. The Morgan fingerprint density at radius 2 is 2.08 bits per heavy atom. The molecule has 0 fully saturated rings. The highest BCUT2D eigenvalue weighted by atomic mass is 16.7. The van der Waals surface area contributed by atoms with Gasteiger partial charge in [0, 0.05) is 6.07 Å². The van der Waals surface area contributed by atoms with Crippen molar-refractivity contribution < 1.29 is 23.9 Å². The van der Waals surface area contributed by atoms with Crippen LogP contribution in [-0.4, -0.2) is 24.2 Å². The van der Waals surface area contributed by atoms with E-state index in [1.54, 1.807) is 12.1 Å². The normalized spacial score (nSPS) is 13.2. The molecule has 2 aromatic carbocycles. The maximum atomic E-state index is 12.0. The lowest BCUT2D eigenvalue weighted by atomic mass is 10.1. The summed E-state index contributed by atoms with van der Waals surface area (Å²) in [6, 6.07) is 10.9. The smallest absolute Gasteiger partial charge is 0.273 e. The summed E-state index contributed by atoms with van der Waals surface area (Å²) in [5.41, 5.74) is 0.777. The third kappa shape index (κ3) is 3.97. The molecular formula is C17H16N2O6. The molecule has 1 aliphatic heterocycles. The van der Waals surface area contributed by atoms with Crippen LogP contribution < -0.4 is 19.5 Å². The summed E-state index contributed by atoms with van der Waals surface area (Å²) in [5, 5.41) is 13.5. The van der Waals surface area contributed by atoms with E-state index in [0.29, 0.717) is 11.5 Å². The third-order valence-corrected chi connectivity index (χ3v) is 3.67. The van der Waals surface area contributed by atoms with Gasteiger partial charge in [0.25, 0.3) is 11.6 Å². The predicted octanol–water partition coefficient (Wildman–Crippen LogP) is 2.58. The Bertz CT molecular complexity index is 807. The highest BCUT2D eigenvalue weighted by Gasteiger charge is 2.17. The number of carbonyl (C=O) groups is 1. The fourth-order valence-corrected chi connectivity index (χ4v) is 2.38. The molecule has 0 unspecified atom stereocenters. The lowest BCUT2D eigenvalue weighted by molar-refractivity contribution is -0.384. The maximum absolute atomic E-state index is 12.0. The number of non-ortho nitro benzene ring substituents is 1. The molecule has 130 valence electrons. The first-order valence-electron chi connectivity index (χ1n) is 7.59. The van der Waals surface area contributed by atoms with Crippen LogP contribution >= 0.6 is 0 Å². The zero-order chi connectivity index (χ0) is 17.8. The van der Waals surface area contributed by atoms with Crippen molar-refractivity contribution in [3.63, 3.8) is 0 Å². The number of hydrogen-bond donors (Lipinski definition) is 1. The van der Waals surface area contributed by atoms with Gasteiger partial charge in [0.15, 0.2) is 18.1 Å². The third-order valence-electron chi connectivity index (χ3n) is 3.67. The number of benzene rings is 2. The second kappa shape index (κ2) is 7.08. The van der Waals surface area contributed by atoms with Gasteiger partial charge in [-0.05, 0) is 30.7 Å². The summed E-state index contributed by atoms with van der Waals surface area (Å²) in [4.78, 5) is 22.2. The highest BCUT2D eigenvalue weighted by molar-refractivity contribution is 5.78. The van der Waals surface area contributed by atoms with Crippen molar-refractivity contribution in [1.29, 1.82) is 0 Å². The molecule has 2 aromatic rings. The van der Waals surface area contributed by atoms with Crippen molar-refractivity contribution in [2.24, 2.45) is 0 Å². The van der Waals surface area contributed by atoms with Crippen molar-refractivity contribution in [2.45, 2.75) is 13.0 Å². The van der Waals surface area contributed by atoms with Gasteiger partial charge in [-0.25, -0.2) is 0 Å². The Hall–Kier alpha value is -3.29. The standard InChI is InChI=1S/C17H16N2O6/c1-11(12-5-6-15-16(7-12)25-10-24-15)18-17(20)9-23-14-4-2-3-13(8-14)19(21)22/h2-8,11H,9-10H2,1H3,(H,18,20)/t11-/m0/s1. The second-order valence-electron chi connectivity index (χ2n) is 5.45. The van der Waals surface area contributed by atoms with Crippen LogP contribution in [0.4, 0.5) is 5.69 Å². The number of amides is 1. The Kier molecular flexibility index (Phi) is 4.69. The van der Waals surface area contributed by atoms with Gasteiger partial charge in [-0.2, -0.15) is 0 Å². The van der Waals surface area contributed by atoms with E-state index in [9.17, 15) is 14.9 Å². The van der Waals surface area contributed by atoms with E-state index >= 15 is 0 Å². The molecule has 1 atom stereocenters. The predicted molar refractivity (Wildman–Crippen MR) is 87.7 cm³/mol. The summed E-state index contributed by atoms with van der Waals surface area (Å²) in [6.45, 7) is 1.79. The molecule has 0 saturated heterocycles. The fourth-order valence-electron chi connectivity index (χ4n) is 2.38. The second-order valence-corrected chi connectivity index (χ2v) is 5.45. The van der Waals surface area contributed by atoms with E-state index in [1.807, 2.05) is 19.1 Å². The molecule has 1 amide bonds. The number of hydrogen-bond acceptors (Lipinski definition) is 6. The summed E-state index contributed by atoms with van der Waals surface area (Å²) in [6.07, 6.45) is 0. The van der Waals surface area contributed by atoms with Gasteiger partial charge in [0.1, 0.15) is 5.75 Å². The molecule has 8 nitrogen and oxygen atoms in total. The molecule has 0 aromatic heterocycles. The Balaban J connectivity index is 1.55. The van der Waals surface area contributed by atoms with Crippen molar-refractivity contribution in [2.75, 3.05) is 13.4 Å². The number of carbonyl (C=O) groups excluding carboxylic acids is 1. The molecule has 0 radical (unpaired) electrons. The summed E-state index contributed by atoms with van der Waals surface area (Å²) < 4.78 is 15.9. The molecular weight excluding hydrogens is 328 g/mol. The van der Waals surface area contributed by atoms with E-state index in [2.05, 4.69) is 5.32 Å². The van der Waals surface area contributed by atoms with E-state index in [4.69, 9.17) is 14.2 Å². The number of nitro groups is 1. The lowest BCUT2D eigenvalue weighted by Gasteiger charge is -2.15. The minimum atomic E-state index is -0.519. The zero-order valence-corrected chi connectivity index (χ0v) is 13.4. The molecule has 0 bridgehead atoms. The first-order valence-corrected chi connectivity index (χ1v) is 7.59. The Labute approximate surface area is 143 Å². The zero-order valence-electron chi connectivity index (χ0n) is 13.4. The average molecular weight is 344 g/mol. The van der Waals surface area contributed by atoms with Crippen LogP contribution in [0.2, 0.25) is 0 Å². The van der Waals surface area contributed by atoms with E-state index in [0.717, 1.165) is 5.56 Å². The van der Waals surface area contributed by atoms with Crippen molar-refractivity contribution in [1.82, 2.24) is 5.32 Å². The van der Waals surface area contributed by atoms with Gasteiger partial charge in [-0.3, -0.25) is 14.9 Å². The minimum absolute atomic E-state index is 0.0911. The topological polar surface area (TPSA) is 99.9 Å². The van der Waals surface area contributed by atoms with Gasteiger partial charge < -0.3 is 19.5 Å². The number of nitrogens with zero attached hydrogens (tertiary/aromatic N) is 1. The summed E-state index contributed by atoms with van der Waals surface area (Å²) >= 11 is 0. The first-order chi connectivity index (χ1) is 12.0. The van der Waals surface area contributed by atoms with Crippen molar-refractivity contribution >= 4 is 11.6 Å². The van der Waals surface area contributed by atoms with Crippen LogP contribution in [0.15, 0.2) is 42.5 Å². The molecule has 1 aliphatic rings. The van der Waals surface area contributed by atoms with Crippen LogP contribution in [-0.2, 0) is 4.79 Å². The molecule has 8 heteroatoms. The SMILES string of the molecule is C[C@H](NC(=O)COc1cccc([N+](=O)[O-])c1)c1ccc2c(c1)OCO2.